The topological polar surface area (TPSA) is 82.7 Å². The first-order valence-corrected chi connectivity index (χ1v) is 10.9. The highest BCUT2D eigenvalue weighted by Crippen LogP contribution is 2.40. The molecule has 2 aromatic carbocycles. The average molecular weight is 486 g/mol. The van der Waals surface area contributed by atoms with Gasteiger partial charge in [0.2, 0.25) is 0 Å². The molecule has 6 nitrogen and oxygen atoms in total. The summed E-state index contributed by atoms with van der Waals surface area (Å²) >= 11 is 0. The quantitative estimate of drug-likeness (QED) is 0.372. The van der Waals surface area contributed by atoms with Crippen LogP contribution in [0.25, 0.3) is 16.9 Å². The van der Waals surface area contributed by atoms with Crippen molar-refractivity contribution in [2.75, 3.05) is 6.54 Å². The molecule has 5 rings (SSSR count). The molecule has 2 aromatic heterocycles. The molecule has 35 heavy (non-hydrogen) atoms. The molecular formula is C25H22F4N4O2. The zero-order valence-corrected chi connectivity index (χ0v) is 18.8. The van der Waals surface area contributed by atoms with Crippen molar-refractivity contribution in [1.82, 2.24) is 19.9 Å². The second-order valence-corrected chi connectivity index (χ2v) is 9.09. The van der Waals surface area contributed by atoms with Crippen LogP contribution in [-0.2, 0) is 11.8 Å². The maximum atomic E-state index is 13.8. The molecule has 0 amide bonds. The zero-order valence-electron chi connectivity index (χ0n) is 18.8. The summed E-state index contributed by atoms with van der Waals surface area (Å²) in [7, 11) is 0. The predicted octanol–water partition coefficient (Wildman–Crippen LogP) is 4.51. The van der Waals surface area contributed by atoms with E-state index in [1.165, 1.54) is 4.52 Å². The maximum Gasteiger partial charge on any atom is 0.416 e. The SMILES string of the molecule is CC(C)(O)c1ccc(-c2ccc3nc4c(n3n2)[C@@H](c2ccc(F)cc2C(F)(F)F)NC[C@H]4O)cc1. The summed E-state index contributed by atoms with van der Waals surface area (Å²) in [6.45, 7) is 3.32. The minimum Gasteiger partial charge on any atom is -0.386 e. The van der Waals surface area contributed by atoms with Crippen molar-refractivity contribution >= 4 is 5.65 Å². The number of alkyl halides is 3. The minimum absolute atomic E-state index is 0.0263. The van der Waals surface area contributed by atoms with Crippen LogP contribution in [0.5, 0.6) is 0 Å². The Bertz CT molecular complexity index is 1410. The largest absolute Gasteiger partial charge is 0.416 e. The van der Waals surface area contributed by atoms with Crippen LogP contribution in [0.4, 0.5) is 17.6 Å². The summed E-state index contributed by atoms with van der Waals surface area (Å²) in [5.74, 6) is -0.995. The number of aliphatic hydroxyl groups is 2. The number of imidazole rings is 1. The van der Waals surface area contributed by atoms with Crippen LogP contribution in [-0.4, -0.2) is 31.4 Å². The van der Waals surface area contributed by atoms with Crippen LogP contribution in [0.2, 0.25) is 0 Å². The number of β-amino-alcohol motifs (C(OH)–C–C–N with tert-alkyl or cyclic N) is 1. The number of nitrogens with one attached hydrogen (secondary N) is 1. The van der Waals surface area contributed by atoms with Crippen molar-refractivity contribution in [2.45, 2.75) is 37.8 Å². The first-order valence-electron chi connectivity index (χ1n) is 10.9. The van der Waals surface area contributed by atoms with Gasteiger partial charge in [0.05, 0.1) is 34.3 Å². The van der Waals surface area contributed by atoms with E-state index < -0.39 is 35.3 Å². The second-order valence-electron chi connectivity index (χ2n) is 9.09. The number of aromatic nitrogens is 3. The Labute approximate surface area is 197 Å². The molecule has 1 aliphatic heterocycles. The molecule has 3 heterocycles. The summed E-state index contributed by atoms with van der Waals surface area (Å²) in [5.41, 5.74) is 0.482. The van der Waals surface area contributed by atoms with Crippen molar-refractivity contribution < 1.29 is 27.8 Å². The highest BCUT2D eigenvalue weighted by molar-refractivity contribution is 5.61. The van der Waals surface area contributed by atoms with E-state index in [0.29, 0.717) is 23.0 Å². The van der Waals surface area contributed by atoms with Gasteiger partial charge < -0.3 is 15.5 Å². The van der Waals surface area contributed by atoms with Crippen LogP contribution in [0.15, 0.2) is 54.6 Å². The molecule has 0 unspecified atom stereocenters. The fraction of sp³-hybridized carbons (Fsp3) is 0.280. The number of rotatable bonds is 3. The fourth-order valence-electron chi connectivity index (χ4n) is 4.39. The van der Waals surface area contributed by atoms with Gasteiger partial charge in [-0.05, 0) is 49.2 Å². The number of nitrogens with zero attached hydrogens (tertiary/aromatic N) is 3. The molecule has 0 saturated heterocycles. The Balaban J connectivity index is 1.67. The van der Waals surface area contributed by atoms with E-state index in [0.717, 1.165) is 17.7 Å². The Kier molecular flexibility index (Phi) is 5.42. The van der Waals surface area contributed by atoms with Gasteiger partial charge >= 0.3 is 6.18 Å². The predicted molar refractivity (Wildman–Crippen MR) is 120 cm³/mol. The summed E-state index contributed by atoms with van der Waals surface area (Å²) in [6, 6.07) is 12.0. The lowest BCUT2D eigenvalue weighted by Crippen LogP contribution is -2.35. The number of fused-ring (bicyclic) bond motifs is 3. The van der Waals surface area contributed by atoms with Gasteiger partial charge in [-0.15, -0.1) is 0 Å². The summed E-state index contributed by atoms with van der Waals surface area (Å²) in [6.07, 6.45) is -5.83. The number of hydrogen-bond acceptors (Lipinski definition) is 5. The second kappa shape index (κ2) is 8.11. The molecule has 0 spiro atoms. The third-order valence-electron chi connectivity index (χ3n) is 6.16. The van der Waals surface area contributed by atoms with E-state index in [4.69, 9.17) is 0 Å². The lowest BCUT2D eigenvalue weighted by molar-refractivity contribution is -0.138. The smallest absolute Gasteiger partial charge is 0.386 e. The van der Waals surface area contributed by atoms with E-state index in [9.17, 15) is 27.8 Å². The van der Waals surface area contributed by atoms with Crippen molar-refractivity contribution in [1.29, 1.82) is 0 Å². The van der Waals surface area contributed by atoms with Gasteiger partial charge in [-0.3, -0.25) is 0 Å². The first-order chi connectivity index (χ1) is 16.4. The fourth-order valence-corrected chi connectivity index (χ4v) is 4.39. The molecule has 182 valence electrons. The van der Waals surface area contributed by atoms with Gasteiger partial charge in [0.15, 0.2) is 5.65 Å². The molecule has 0 saturated carbocycles. The third-order valence-corrected chi connectivity index (χ3v) is 6.16. The highest BCUT2D eigenvalue weighted by atomic mass is 19.4. The number of halogens is 4. The van der Waals surface area contributed by atoms with Crippen molar-refractivity contribution in [2.24, 2.45) is 0 Å². The van der Waals surface area contributed by atoms with Crippen LogP contribution in [0.3, 0.4) is 0 Å². The average Bonchev–Trinajstić information content (AvgIpc) is 3.18. The third kappa shape index (κ3) is 4.18. The van der Waals surface area contributed by atoms with E-state index >= 15 is 0 Å². The molecule has 3 N–H and O–H groups in total. The van der Waals surface area contributed by atoms with E-state index in [1.54, 1.807) is 50.2 Å². The molecule has 10 heteroatoms. The lowest BCUT2D eigenvalue weighted by Gasteiger charge is -2.29. The first kappa shape index (κ1) is 23.4. The van der Waals surface area contributed by atoms with Gasteiger partial charge in [-0.1, -0.05) is 30.3 Å². The standard InChI is InChI=1S/C25H22F4N4O2/c1-24(2,35)14-5-3-13(4-6-14)18-9-10-20-31-22-19(34)12-30-21(23(22)33(20)32-18)16-8-7-15(26)11-17(16)25(27,28)29/h3-11,19,21,30,34-35H,12H2,1-2H3/t19-,21-/m1/s1. The van der Waals surface area contributed by atoms with Gasteiger partial charge in [-0.2, -0.15) is 18.3 Å². The maximum absolute atomic E-state index is 13.8. The van der Waals surface area contributed by atoms with Gasteiger partial charge in [0, 0.05) is 12.1 Å². The van der Waals surface area contributed by atoms with Crippen LogP contribution < -0.4 is 5.32 Å². The summed E-state index contributed by atoms with van der Waals surface area (Å²) < 4.78 is 56.5. The Morgan fingerprint density at radius 3 is 2.40 bits per heavy atom. The Hall–Kier alpha value is -3.34. The van der Waals surface area contributed by atoms with Gasteiger partial charge in [0.25, 0.3) is 0 Å². The van der Waals surface area contributed by atoms with Crippen LogP contribution >= 0.6 is 0 Å². The molecule has 4 aromatic rings. The Morgan fingerprint density at radius 1 is 1.03 bits per heavy atom. The van der Waals surface area contributed by atoms with E-state index in [1.807, 2.05) is 0 Å². The minimum atomic E-state index is -4.78. The molecule has 1 aliphatic rings. The van der Waals surface area contributed by atoms with Crippen LogP contribution in [0.1, 0.15) is 54.1 Å². The normalized spacial score (nSPS) is 18.6. The molecule has 0 radical (unpaired) electrons. The molecule has 0 aliphatic carbocycles. The van der Waals surface area contributed by atoms with Crippen molar-refractivity contribution in [3.05, 3.63) is 88.5 Å². The highest BCUT2D eigenvalue weighted by Gasteiger charge is 2.40. The molecular weight excluding hydrogens is 464 g/mol. The molecule has 0 bridgehead atoms. The van der Waals surface area contributed by atoms with Crippen molar-refractivity contribution in [3.8, 4) is 11.3 Å². The zero-order chi connectivity index (χ0) is 25.1. The number of aliphatic hydroxyl groups excluding tert-OH is 1. The number of hydrogen-bond donors (Lipinski definition) is 3. The number of benzene rings is 2. The lowest BCUT2D eigenvalue weighted by atomic mass is 9.92. The van der Waals surface area contributed by atoms with Gasteiger partial charge in [0.1, 0.15) is 11.9 Å². The monoisotopic (exact) mass is 486 g/mol. The summed E-state index contributed by atoms with van der Waals surface area (Å²) in [5, 5.41) is 28.3. The van der Waals surface area contributed by atoms with Crippen LogP contribution in [0, 0.1) is 5.82 Å². The molecule has 0 fully saturated rings. The van der Waals surface area contributed by atoms with E-state index in [-0.39, 0.29) is 23.5 Å². The van der Waals surface area contributed by atoms with Gasteiger partial charge in [-0.25, -0.2) is 13.9 Å². The summed E-state index contributed by atoms with van der Waals surface area (Å²) in [4.78, 5) is 4.42. The molecule has 2 atom stereocenters. The van der Waals surface area contributed by atoms with Crippen molar-refractivity contribution in [3.63, 3.8) is 0 Å². The van der Waals surface area contributed by atoms with E-state index in [2.05, 4.69) is 15.4 Å². The Morgan fingerprint density at radius 2 is 1.74 bits per heavy atom.